The van der Waals surface area contributed by atoms with Crippen molar-refractivity contribution in [2.45, 2.75) is 84.5 Å². The summed E-state index contributed by atoms with van der Waals surface area (Å²) < 4.78 is 2.10. The van der Waals surface area contributed by atoms with Crippen molar-refractivity contribution >= 4 is 22.2 Å². The van der Waals surface area contributed by atoms with Crippen molar-refractivity contribution in [2.75, 3.05) is 31.1 Å². The van der Waals surface area contributed by atoms with Crippen LogP contribution in [-0.4, -0.2) is 68.7 Å². The molecule has 8 nitrogen and oxygen atoms in total. The normalized spacial score (nSPS) is 22.2. The first-order valence-electron chi connectivity index (χ1n) is 14.4. The lowest BCUT2D eigenvalue weighted by atomic mass is 9.87. The van der Waals surface area contributed by atoms with Gasteiger partial charge in [0, 0.05) is 73.2 Å². The zero-order valence-corrected chi connectivity index (χ0v) is 24.4. The Balaban J connectivity index is 1.12. The Bertz CT molecular complexity index is 1400. The number of rotatable bonds is 7. The van der Waals surface area contributed by atoms with Crippen molar-refractivity contribution in [3.63, 3.8) is 0 Å². The highest BCUT2D eigenvalue weighted by Gasteiger charge is 2.38. The number of nitrogens with zero attached hydrogens (tertiary/aromatic N) is 5. The number of aromatic amines is 1. The molecule has 2 aliphatic heterocycles. The predicted molar refractivity (Wildman–Crippen MR) is 156 cm³/mol. The quantitative estimate of drug-likeness (QED) is 0.472. The number of aryl methyl sites for hydroxylation is 2. The second kappa shape index (κ2) is 10.6. The molecule has 9 heteroatoms. The molecule has 1 amide bonds. The van der Waals surface area contributed by atoms with Gasteiger partial charge in [-0.3, -0.25) is 19.2 Å². The molecular formula is C30H40N6O2S. The van der Waals surface area contributed by atoms with Crippen LogP contribution in [0.2, 0.25) is 0 Å². The molecule has 0 spiro atoms. The summed E-state index contributed by atoms with van der Waals surface area (Å²) in [5, 5.41) is 5.69. The smallest absolute Gasteiger partial charge is 0.255 e. The number of aromatic nitrogens is 3. The lowest BCUT2D eigenvalue weighted by molar-refractivity contribution is 0.0334. The molecular weight excluding hydrogens is 508 g/mol. The molecule has 1 saturated carbocycles. The number of hydrogen-bond acceptors (Lipinski definition) is 6. The fourth-order valence-electron chi connectivity index (χ4n) is 6.96. The number of fused-ring (bicyclic) bond motifs is 1. The van der Waals surface area contributed by atoms with E-state index in [2.05, 4.69) is 44.6 Å². The topological polar surface area (TPSA) is 77.5 Å². The molecule has 6 rings (SSSR count). The van der Waals surface area contributed by atoms with E-state index in [9.17, 15) is 9.59 Å². The van der Waals surface area contributed by atoms with Crippen LogP contribution in [0, 0.1) is 20.8 Å². The van der Waals surface area contributed by atoms with Crippen molar-refractivity contribution in [1.82, 2.24) is 24.6 Å². The molecule has 0 aromatic carbocycles. The lowest BCUT2D eigenvalue weighted by Crippen LogP contribution is -2.54. The first kappa shape index (κ1) is 26.3. The van der Waals surface area contributed by atoms with E-state index in [4.69, 9.17) is 0 Å². The van der Waals surface area contributed by atoms with Crippen molar-refractivity contribution in [1.29, 1.82) is 0 Å². The van der Waals surface area contributed by atoms with Gasteiger partial charge in [0.05, 0.1) is 23.2 Å². The molecule has 0 radical (unpaired) electrons. The van der Waals surface area contributed by atoms with Crippen LogP contribution >= 0.6 is 11.3 Å². The van der Waals surface area contributed by atoms with E-state index in [0.29, 0.717) is 36.8 Å². The molecule has 2 fully saturated rings. The number of anilines is 1. The van der Waals surface area contributed by atoms with Crippen LogP contribution in [-0.2, 0) is 13.0 Å². The van der Waals surface area contributed by atoms with Crippen LogP contribution in [0.5, 0.6) is 0 Å². The highest BCUT2D eigenvalue weighted by molar-refractivity contribution is 7.16. The lowest BCUT2D eigenvalue weighted by Gasteiger charge is -2.47. The van der Waals surface area contributed by atoms with E-state index in [1.165, 1.54) is 35.6 Å². The Morgan fingerprint density at radius 3 is 2.54 bits per heavy atom. The summed E-state index contributed by atoms with van der Waals surface area (Å²) in [5.41, 5.74) is 4.39. The van der Waals surface area contributed by atoms with E-state index >= 15 is 0 Å². The number of likely N-dealkylation sites (tertiary alicyclic amines) is 1. The number of pyridine rings is 1. The van der Waals surface area contributed by atoms with Crippen LogP contribution in [0.15, 0.2) is 29.3 Å². The Kier molecular flexibility index (Phi) is 7.14. The van der Waals surface area contributed by atoms with Gasteiger partial charge >= 0.3 is 0 Å². The van der Waals surface area contributed by atoms with E-state index < -0.39 is 0 Å². The summed E-state index contributed by atoms with van der Waals surface area (Å²) in [6.07, 6.45) is 9.65. The molecule has 1 saturated heterocycles. The molecule has 0 unspecified atom stereocenters. The maximum Gasteiger partial charge on any atom is 0.255 e. The number of nitrogens with one attached hydrogen (secondary N) is 1. The van der Waals surface area contributed by atoms with Gasteiger partial charge in [-0.15, -0.1) is 11.3 Å². The minimum absolute atomic E-state index is 0.0694. The van der Waals surface area contributed by atoms with Crippen LogP contribution in [0.3, 0.4) is 0 Å². The second-order valence-electron chi connectivity index (χ2n) is 11.6. The molecule has 39 heavy (non-hydrogen) atoms. The van der Waals surface area contributed by atoms with Gasteiger partial charge in [0.1, 0.15) is 0 Å². The summed E-state index contributed by atoms with van der Waals surface area (Å²) in [6.45, 7) is 12.4. The molecule has 3 aliphatic rings. The van der Waals surface area contributed by atoms with Crippen LogP contribution < -0.4 is 10.5 Å². The summed E-state index contributed by atoms with van der Waals surface area (Å²) in [5.74, 6) is 0.0694. The third-order valence-corrected chi connectivity index (χ3v) is 10.6. The summed E-state index contributed by atoms with van der Waals surface area (Å²) in [7, 11) is 0. The number of carbonyl (C=O) groups is 1. The predicted octanol–water partition coefficient (Wildman–Crippen LogP) is 4.45. The Hall–Kier alpha value is -2.91. The highest BCUT2D eigenvalue weighted by atomic mass is 32.1. The number of amides is 1. The van der Waals surface area contributed by atoms with E-state index in [1.54, 1.807) is 0 Å². The fourth-order valence-corrected chi connectivity index (χ4v) is 8.38. The Morgan fingerprint density at radius 2 is 1.87 bits per heavy atom. The third kappa shape index (κ3) is 4.84. The number of carbonyl (C=O) groups excluding carboxylic acids is 1. The van der Waals surface area contributed by atoms with Crippen LogP contribution in [0.1, 0.15) is 76.3 Å². The third-order valence-electron chi connectivity index (χ3n) is 9.16. The first-order chi connectivity index (χ1) is 18.8. The van der Waals surface area contributed by atoms with Crippen molar-refractivity contribution < 1.29 is 4.79 Å². The largest absolute Gasteiger partial charge is 0.361 e. The van der Waals surface area contributed by atoms with Crippen LogP contribution in [0.25, 0.3) is 0 Å². The molecule has 0 atom stereocenters. The summed E-state index contributed by atoms with van der Waals surface area (Å²) in [4.78, 5) is 37.5. The minimum Gasteiger partial charge on any atom is -0.361 e. The van der Waals surface area contributed by atoms with Crippen molar-refractivity contribution in [2.24, 2.45) is 0 Å². The molecule has 1 aliphatic carbocycles. The minimum atomic E-state index is -0.0864. The van der Waals surface area contributed by atoms with Gasteiger partial charge in [-0.2, -0.15) is 5.10 Å². The van der Waals surface area contributed by atoms with Gasteiger partial charge < -0.3 is 14.8 Å². The average Bonchev–Trinajstić information content (AvgIpc) is 3.52. The van der Waals surface area contributed by atoms with E-state index in [-0.39, 0.29) is 11.5 Å². The van der Waals surface area contributed by atoms with Crippen LogP contribution in [0.4, 0.5) is 5.00 Å². The van der Waals surface area contributed by atoms with Crippen molar-refractivity contribution in [3.05, 3.63) is 67.7 Å². The van der Waals surface area contributed by atoms with Gasteiger partial charge in [-0.25, -0.2) is 0 Å². The Morgan fingerprint density at radius 1 is 1.10 bits per heavy atom. The SMILES string of the molecule is CCN(c1sc2c(c1C)C(=O)N(Cc1c(C)cc(C)[nH]c1=O)CC2)[C@H]1CC[C@H](N2CC(n3cccn3)C2)CC1. The zero-order valence-electron chi connectivity index (χ0n) is 23.6. The first-order valence-corrected chi connectivity index (χ1v) is 15.3. The number of H-pyrrole nitrogens is 1. The van der Waals surface area contributed by atoms with Crippen molar-refractivity contribution in [3.8, 4) is 0 Å². The monoisotopic (exact) mass is 548 g/mol. The number of hydrogen-bond donors (Lipinski definition) is 1. The summed E-state index contributed by atoms with van der Waals surface area (Å²) in [6, 6.07) is 5.71. The summed E-state index contributed by atoms with van der Waals surface area (Å²) >= 11 is 1.82. The van der Waals surface area contributed by atoms with Gasteiger partial charge in [-0.05, 0) is 76.6 Å². The van der Waals surface area contributed by atoms with Gasteiger partial charge in [0.15, 0.2) is 0 Å². The zero-order chi connectivity index (χ0) is 27.3. The van der Waals surface area contributed by atoms with Gasteiger partial charge in [-0.1, -0.05) is 0 Å². The molecule has 3 aromatic rings. The fraction of sp³-hybridized carbons (Fsp3) is 0.567. The molecule has 1 N–H and O–H groups in total. The molecule has 5 heterocycles. The highest BCUT2D eigenvalue weighted by Crippen LogP contribution is 2.42. The number of thiophene rings is 1. The maximum atomic E-state index is 13.7. The second-order valence-corrected chi connectivity index (χ2v) is 12.7. The standard InChI is InChI=1S/C30H40N6O2S/c1-5-35(23-9-7-22(8-10-23)34-16-24(17-34)36-13-6-12-31-36)30-21(4)27-26(39-30)11-14-33(29(27)38)18-25-19(2)15-20(3)32-28(25)37/h6,12-13,15,22-24H,5,7-11,14,16-18H2,1-4H3,(H,32,37)/t22-,23-. The molecule has 0 bridgehead atoms. The molecule has 3 aromatic heterocycles. The van der Waals surface area contributed by atoms with E-state index in [0.717, 1.165) is 48.4 Å². The van der Waals surface area contributed by atoms with Gasteiger partial charge in [0.2, 0.25) is 0 Å². The van der Waals surface area contributed by atoms with Gasteiger partial charge in [0.25, 0.3) is 11.5 Å². The average molecular weight is 549 g/mol. The maximum absolute atomic E-state index is 13.7. The molecule has 208 valence electrons. The van der Waals surface area contributed by atoms with E-state index in [1.807, 2.05) is 48.4 Å². The Labute approximate surface area is 234 Å².